The number of hydrogen-bond donors (Lipinski definition) is 2. The molecule has 2 N–H and O–H groups in total. The van der Waals surface area contributed by atoms with Gasteiger partial charge < -0.3 is 9.84 Å². The molecule has 0 fully saturated rings. The van der Waals surface area contributed by atoms with Crippen LogP contribution in [0.4, 0.5) is 13.2 Å². The molecule has 1 aromatic rings. The molecular formula is C12H16F3N3O4. The number of nitrogens with one attached hydrogen (secondary N) is 1. The van der Waals surface area contributed by atoms with Crippen LogP contribution in [0.25, 0.3) is 0 Å². The van der Waals surface area contributed by atoms with Crippen LogP contribution in [-0.2, 0) is 40.1 Å². The summed E-state index contributed by atoms with van der Waals surface area (Å²) in [5.74, 6) is -0.661. The molecule has 1 atom stereocenters. The summed E-state index contributed by atoms with van der Waals surface area (Å²) in [6.07, 6.45) is -5.12. The van der Waals surface area contributed by atoms with Gasteiger partial charge in [-0.05, 0) is 6.92 Å². The topological polar surface area (TPSA) is 85.6 Å². The summed E-state index contributed by atoms with van der Waals surface area (Å²) in [6, 6.07) is 0. The fourth-order valence-electron chi connectivity index (χ4n) is 2.08. The number of aliphatic hydroxyl groups is 1. The van der Waals surface area contributed by atoms with Gasteiger partial charge in [0, 0.05) is 17.7 Å². The summed E-state index contributed by atoms with van der Waals surface area (Å²) >= 11 is 0. The number of aliphatic hydroxyl groups excluding tert-OH is 1. The predicted molar refractivity (Wildman–Crippen MR) is 66.4 cm³/mol. The van der Waals surface area contributed by atoms with E-state index in [1.54, 1.807) is 0 Å². The Kier molecular flexibility index (Phi) is 5.04. The zero-order valence-electron chi connectivity index (χ0n) is 11.8. The van der Waals surface area contributed by atoms with Gasteiger partial charge >= 0.3 is 6.18 Å². The standard InChI is InChI=1S/C12H16F3N3O4/c1-7(19)5-22-17-10(20)4-18-9-2-3-21-6-8(9)11(16-18)12(13,14)15/h7,19H,2-6H2,1H3,(H,17,20). The molecule has 124 valence electrons. The summed E-state index contributed by atoms with van der Waals surface area (Å²) in [7, 11) is 0. The quantitative estimate of drug-likeness (QED) is 0.766. The van der Waals surface area contributed by atoms with Gasteiger partial charge in [0.25, 0.3) is 5.91 Å². The maximum Gasteiger partial charge on any atom is 0.435 e. The van der Waals surface area contributed by atoms with Gasteiger partial charge in [0.05, 0.1) is 19.3 Å². The largest absolute Gasteiger partial charge is 0.435 e. The third-order valence-electron chi connectivity index (χ3n) is 2.97. The molecule has 0 saturated heterocycles. The number of hydrogen-bond acceptors (Lipinski definition) is 5. The first-order valence-corrected chi connectivity index (χ1v) is 6.61. The van der Waals surface area contributed by atoms with E-state index in [2.05, 4.69) is 5.10 Å². The van der Waals surface area contributed by atoms with Crippen LogP contribution in [0.15, 0.2) is 0 Å². The normalized spacial score (nSPS) is 16.2. The van der Waals surface area contributed by atoms with Crippen LogP contribution < -0.4 is 5.48 Å². The van der Waals surface area contributed by atoms with Crippen LogP contribution in [0.2, 0.25) is 0 Å². The number of nitrogens with zero attached hydrogens (tertiary/aromatic N) is 2. The molecule has 0 aromatic carbocycles. The first-order valence-electron chi connectivity index (χ1n) is 6.61. The highest BCUT2D eigenvalue weighted by molar-refractivity contribution is 5.74. The maximum atomic E-state index is 12.9. The van der Waals surface area contributed by atoms with Gasteiger partial charge in [-0.15, -0.1) is 0 Å². The molecule has 0 radical (unpaired) electrons. The lowest BCUT2D eigenvalue weighted by molar-refractivity contribution is -0.143. The van der Waals surface area contributed by atoms with Gasteiger partial charge in [-0.25, -0.2) is 5.48 Å². The molecule has 0 spiro atoms. The molecule has 7 nitrogen and oxygen atoms in total. The lowest BCUT2D eigenvalue weighted by Crippen LogP contribution is -2.31. The molecule has 0 saturated carbocycles. The molecule has 0 aliphatic carbocycles. The molecule has 1 aliphatic rings. The fraction of sp³-hybridized carbons (Fsp3) is 0.667. The molecule has 10 heteroatoms. The van der Waals surface area contributed by atoms with Crippen molar-refractivity contribution in [1.29, 1.82) is 0 Å². The van der Waals surface area contributed by atoms with Crippen LogP contribution in [0.3, 0.4) is 0 Å². The van der Waals surface area contributed by atoms with E-state index in [0.29, 0.717) is 5.69 Å². The number of ether oxygens (including phenoxy) is 1. The van der Waals surface area contributed by atoms with E-state index in [4.69, 9.17) is 14.7 Å². The monoisotopic (exact) mass is 323 g/mol. The molecule has 1 aliphatic heterocycles. The Hall–Kier alpha value is -1.65. The van der Waals surface area contributed by atoms with Crippen molar-refractivity contribution in [3.8, 4) is 0 Å². The lowest BCUT2D eigenvalue weighted by Gasteiger charge is -2.15. The number of carbonyl (C=O) groups is 1. The molecule has 2 rings (SSSR count). The molecule has 1 amide bonds. The number of amides is 1. The van der Waals surface area contributed by atoms with Crippen LogP contribution in [0.5, 0.6) is 0 Å². The van der Waals surface area contributed by atoms with Crippen molar-refractivity contribution >= 4 is 5.91 Å². The predicted octanol–water partition coefficient (Wildman–Crippen LogP) is 0.403. The second-order valence-corrected chi connectivity index (χ2v) is 4.92. The van der Waals surface area contributed by atoms with Crippen molar-refractivity contribution in [1.82, 2.24) is 15.3 Å². The molecular weight excluding hydrogens is 307 g/mol. The number of fused-ring (bicyclic) bond motifs is 1. The Balaban J connectivity index is 2.11. The molecule has 1 unspecified atom stereocenters. The van der Waals surface area contributed by atoms with Crippen molar-refractivity contribution in [2.24, 2.45) is 0 Å². The van der Waals surface area contributed by atoms with Crippen molar-refractivity contribution in [2.45, 2.75) is 38.8 Å². The average molecular weight is 323 g/mol. The minimum Gasteiger partial charge on any atom is -0.391 e. The number of aromatic nitrogens is 2. The zero-order chi connectivity index (χ0) is 16.3. The maximum absolute atomic E-state index is 12.9. The van der Waals surface area contributed by atoms with Crippen LogP contribution in [-0.4, -0.2) is 40.1 Å². The fourth-order valence-corrected chi connectivity index (χ4v) is 2.08. The SMILES string of the molecule is CC(O)CONC(=O)Cn1nc(C(F)(F)F)c2c1CCOC2. The second-order valence-electron chi connectivity index (χ2n) is 4.92. The third-order valence-corrected chi connectivity index (χ3v) is 2.97. The molecule has 2 heterocycles. The van der Waals surface area contributed by atoms with Gasteiger partial charge in [0.2, 0.25) is 0 Å². The summed E-state index contributed by atoms with van der Waals surface area (Å²) in [4.78, 5) is 16.4. The molecule has 0 bridgehead atoms. The van der Waals surface area contributed by atoms with Gasteiger partial charge in [0.1, 0.15) is 13.2 Å². The zero-order valence-corrected chi connectivity index (χ0v) is 11.8. The average Bonchev–Trinajstić information content (AvgIpc) is 2.77. The van der Waals surface area contributed by atoms with Gasteiger partial charge in [0.15, 0.2) is 5.69 Å². The first kappa shape index (κ1) is 16.7. The number of rotatable bonds is 5. The van der Waals surface area contributed by atoms with Crippen molar-refractivity contribution in [2.75, 3.05) is 13.2 Å². The van der Waals surface area contributed by atoms with Crippen LogP contribution in [0, 0.1) is 0 Å². The smallest absolute Gasteiger partial charge is 0.391 e. The summed E-state index contributed by atoms with van der Waals surface area (Å²) in [5, 5.41) is 12.5. The third kappa shape index (κ3) is 3.96. The van der Waals surface area contributed by atoms with Gasteiger partial charge in [-0.1, -0.05) is 0 Å². The van der Waals surface area contributed by atoms with E-state index in [1.165, 1.54) is 6.92 Å². The Bertz CT molecular complexity index is 542. The van der Waals surface area contributed by atoms with Crippen LogP contribution >= 0.6 is 0 Å². The Morgan fingerprint density at radius 1 is 1.59 bits per heavy atom. The highest BCUT2D eigenvalue weighted by atomic mass is 19.4. The van der Waals surface area contributed by atoms with Crippen molar-refractivity contribution in [3.05, 3.63) is 17.0 Å². The van der Waals surface area contributed by atoms with E-state index in [0.717, 1.165) is 4.68 Å². The molecule has 22 heavy (non-hydrogen) atoms. The van der Waals surface area contributed by atoms with E-state index in [9.17, 15) is 18.0 Å². The molecule has 1 aromatic heterocycles. The van der Waals surface area contributed by atoms with E-state index < -0.39 is 30.4 Å². The van der Waals surface area contributed by atoms with E-state index in [1.807, 2.05) is 5.48 Å². The summed E-state index contributed by atoms with van der Waals surface area (Å²) < 4.78 is 44.9. The van der Waals surface area contributed by atoms with Gasteiger partial charge in [-0.3, -0.25) is 14.3 Å². The number of carbonyl (C=O) groups excluding carboxylic acids is 1. The Morgan fingerprint density at radius 2 is 2.32 bits per heavy atom. The van der Waals surface area contributed by atoms with Crippen LogP contribution in [0.1, 0.15) is 23.9 Å². The second kappa shape index (κ2) is 6.63. The number of halogens is 3. The highest BCUT2D eigenvalue weighted by Crippen LogP contribution is 2.34. The lowest BCUT2D eigenvalue weighted by atomic mass is 10.1. The number of alkyl halides is 3. The van der Waals surface area contributed by atoms with E-state index >= 15 is 0 Å². The number of hydroxylamine groups is 1. The first-order chi connectivity index (χ1) is 10.3. The van der Waals surface area contributed by atoms with Crippen molar-refractivity contribution in [3.63, 3.8) is 0 Å². The minimum absolute atomic E-state index is 0.0311. The summed E-state index contributed by atoms with van der Waals surface area (Å²) in [5.41, 5.74) is 1.32. The van der Waals surface area contributed by atoms with E-state index in [-0.39, 0.29) is 31.8 Å². The van der Waals surface area contributed by atoms with Crippen molar-refractivity contribution < 1.29 is 32.6 Å². The highest BCUT2D eigenvalue weighted by Gasteiger charge is 2.40. The van der Waals surface area contributed by atoms with Gasteiger partial charge in [-0.2, -0.15) is 18.3 Å². The Morgan fingerprint density at radius 3 is 2.95 bits per heavy atom. The Labute approximate surface area is 124 Å². The minimum atomic E-state index is -4.60. The summed E-state index contributed by atoms with van der Waals surface area (Å²) in [6.45, 7) is 1.04.